The summed E-state index contributed by atoms with van der Waals surface area (Å²) in [6.45, 7) is 3.15. The Morgan fingerprint density at radius 2 is 1.95 bits per heavy atom. The third kappa shape index (κ3) is 3.51. The zero-order valence-corrected chi connectivity index (χ0v) is 13.9. The van der Waals surface area contributed by atoms with Gasteiger partial charge in [-0.1, -0.05) is 12.1 Å². The Hall–Kier alpha value is -1.24. The first-order chi connectivity index (χ1) is 9.82. The van der Waals surface area contributed by atoms with Gasteiger partial charge in [-0.3, -0.25) is 4.68 Å². The minimum atomic E-state index is -1.25. The second kappa shape index (κ2) is 6.25. The van der Waals surface area contributed by atoms with Crippen molar-refractivity contribution in [2.45, 2.75) is 19.1 Å². The van der Waals surface area contributed by atoms with E-state index in [0.29, 0.717) is 17.8 Å². The van der Waals surface area contributed by atoms with E-state index in [1.165, 1.54) is 12.1 Å². The van der Waals surface area contributed by atoms with Crippen molar-refractivity contribution >= 4 is 15.9 Å². The van der Waals surface area contributed by atoms with Gasteiger partial charge in [0.1, 0.15) is 11.4 Å². The largest absolute Gasteiger partial charge is 0.379 e. The SMILES string of the molecule is CN(C)CCn1ncc(Br)c1C(C)(O)c1ccc(F)cc1. The van der Waals surface area contributed by atoms with Crippen LogP contribution < -0.4 is 0 Å². The van der Waals surface area contributed by atoms with Gasteiger partial charge in [-0.2, -0.15) is 5.10 Å². The molecular weight excluding hydrogens is 337 g/mol. The lowest BCUT2D eigenvalue weighted by Gasteiger charge is -2.26. The van der Waals surface area contributed by atoms with E-state index in [9.17, 15) is 9.50 Å². The molecule has 2 rings (SSSR count). The van der Waals surface area contributed by atoms with Crippen molar-refractivity contribution < 1.29 is 9.50 Å². The van der Waals surface area contributed by atoms with E-state index >= 15 is 0 Å². The predicted octanol–water partition coefficient (Wildman–Crippen LogP) is 2.60. The molecule has 0 aliphatic carbocycles. The Kier molecular flexibility index (Phi) is 4.81. The minimum Gasteiger partial charge on any atom is -0.379 e. The maximum Gasteiger partial charge on any atom is 0.129 e. The minimum absolute atomic E-state index is 0.324. The Morgan fingerprint density at radius 1 is 1.33 bits per heavy atom. The number of benzene rings is 1. The molecule has 114 valence electrons. The number of likely N-dealkylation sites (N-methyl/N-ethyl adjacent to an activating group) is 1. The summed E-state index contributed by atoms with van der Waals surface area (Å²) in [4.78, 5) is 2.05. The lowest BCUT2D eigenvalue weighted by atomic mass is 9.92. The second-order valence-electron chi connectivity index (χ2n) is 5.45. The van der Waals surface area contributed by atoms with Crippen molar-refractivity contribution in [3.63, 3.8) is 0 Å². The summed E-state index contributed by atoms with van der Waals surface area (Å²) in [7, 11) is 3.96. The average molecular weight is 356 g/mol. The summed E-state index contributed by atoms with van der Waals surface area (Å²) in [5.74, 6) is -0.324. The van der Waals surface area contributed by atoms with Gasteiger partial charge in [0.15, 0.2) is 0 Å². The van der Waals surface area contributed by atoms with E-state index < -0.39 is 5.60 Å². The van der Waals surface area contributed by atoms with Gasteiger partial charge in [0, 0.05) is 6.54 Å². The molecule has 0 radical (unpaired) electrons. The number of rotatable bonds is 5. The van der Waals surface area contributed by atoms with Crippen LogP contribution in [0.4, 0.5) is 4.39 Å². The molecule has 0 aliphatic rings. The van der Waals surface area contributed by atoms with Crippen molar-refractivity contribution in [1.82, 2.24) is 14.7 Å². The summed E-state index contributed by atoms with van der Waals surface area (Å²) < 4.78 is 15.6. The van der Waals surface area contributed by atoms with Crippen LogP contribution in [0.1, 0.15) is 18.2 Å². The smallest absolute Gasteiger partial charge is 0.129 e. The summed E-state index contributed by atoms with van der Waals surface area (Å²) in [6.07, 6.45) is 1.67. The molecule has 0 spiro atoms. The molecule has 1 aromatic carbocycles. The summed E-state index contributed by atoms with van der Waals surface area (Å²) >= 11 is 3.44. The number of nitrogens with zero attached hydrogens (tertiary/aromatic N) is 3. The first-order valence-corrected chi connectivity index (χ1v) is 7.46. The fourth-order valence-corrected chi connectivity index (χ4v) is 2.90. The fourth-order valence-electron chi connectivity index (χ4n) is 2.22. The van der Waals surface area contributed by atoms with E-state index in [1.54, 1.807) is 29.9 Å². The van der Waals surface area contributed by atoms with Gasteiger partial charge in [0.25, 0.3) is 0 Å². The van der Waals surface area contributed by atoms with Crippen LogP contribution in [0.15, 0.2) is 34.9 Å². The first kappa shape index (κ1) is 16.1. The van der Waals surface area contributed by atoms with Crippen LogP contribution in [0, 0.1) is 5.82 Å². The zero-order valence-electron chi connectivity index (χ0n) is 12.3. The van der Waals surface area contributed by atoms with Gasteiger partial charge < -0.3 is 10.0 Å². The van der Waals surface area contributed by atoms with Crippen LogP contribution in [0.3, 0.4) is 0 Å². The van der Waals surface area contributed by atoms with E-state index in [-0.39, 0.29) is 5.82 Å². The molecule has 0 saturated carbocycles. The molecule has 4 nitrogen and oxygen atoms in total. The average Bonchev–Trinajstić information content (AvgIpc) is 2.78. The lowest BCUT2D eigenvalue weighted by Crippen LogP contribution is -2.29. The highest BCUT2D eigenvalue weighted by Gasteiger charge is 2.32. The Labute approximate surface area is 132 Å². The molecule has 0 saturated heterocycles. The van der Waals surface area contributed by atoms with Gasteiger partial charge in [0.05, 0.1) is 22.9 Å². The van der Waals surface area contributed by atoms with Crippen LogP contribution in [0.2, 0.25) is 0 Å². The zero-order chi connectivity index (χ0) is 15.6. The molecule has 6 heteroatoms. The molecule has 1 heterocycles. The molecule has 0 fully saturated rings. The maximum absolute atomic E-state index is 13.1. The summed E-state index contributed by atoms with van der Waals surface area (Å²) in [5, 5.41) is 15.2. The van der Waals surface area contributed by atoms with Gasteiger partial charge in [-0.15, -0.1) is 0 Å². The Balaban J connectivity index is 2.39. The van der Waals surface area contributed by atoms with Gasteiger partial charge in [0.2, 0.25) is 0 Å². The monoisotopic (exact) mass is 355 g/mol. The highest BCUT2D eigenvalue weighted by molar-refractivity contribution is 9.10. The molecule has 0 bridgehead atoms. The van der Waals surface area contributed by atoms with Gasteiger partial charge >= 0.3 is 0 Å². The third-order valence-electron chi connectivity index (χ3n) is 3.42. The maximum atomic E-state index is 13.1. The van der Waals surface area contributed by atoms with Crippen molar-refractivity contribution in [3.05, 3.63) is 52.0 Å². The van der Waals surface area contributed by atoms with Crippen molar-refractivity contribution in [2.24, 2.45) is 0 Å². The van der Waals surface area contributed by atoms with Crippen LogP contribution in [0.25, 0.3) is 0 Å². The van der Waals surface area contributed by atoms with Gasteiger partial charge in [-0.05, 0) is 54.6 Å². The molecule has 1 aromatic heterocycles. The first-order valence-electron chi connectivity index (χ1n) is 6.67. The Morgan fingerprint density at radius 3 is 2.52 bits per heavy atom. The number of hydrogen-bond donors (Lipinski definition) is 1. The van der Waals surface area contributed by atoms with E-state index in [1.807, 2.05) is 19.0 Å². The van der Waals surface area contributed by atoms with Crippen molar-refractivity contribution in [2.75, 3.05) is 20.6 Å². The normalized spacial score (nSPS) is 14.4. The standard InChI is InChI=1S/C15H19BrFN3O/c1-15(21,11-4-6-12(17)7-5-11)14-13(16)10-18-20(14)9-8-19(2)3/h4-7,10,21H,8-9H2,1-3H3. The highest BCUT2D eigenvalue weighted by atomic mass is 79.9. The summed E-state index contributed by atoms with van der Waals surface area (Å²) in [5.41, 5.74) is 0.0298. The number of halogens is 2. The predicted molar refractivity (Wildman–Crippen MR) is 83.6 cm³/mol. The van der Waals surface area contributed by atoms with E-state index in [4.69, 9.17) is 0 Å². The quantitative estimate of drug-likeness (QED) is 0.896. The van der Waals surface area contributed by atoms with Crippen molar-refractivity contribution in [3.8, 4) is 0 Å². The van der Waals surface area contributed by atoms with Crippen LogP contribution in [0.5, 0.6) is 0 Å². The number of aliphatic hydroxyl groups is 1. The topological polar surface area (TPSA) is 41.3 Å². The lowest BCUT2D eigenvalue weighted by molar-refractivity contribution is 0.0900. The molecule has 1 atom stereocenters. The number of hydrogen-bond acceptors (Lipinski definition) is 3. The molecule has 1 N–H and O–H groups in total. The molecule has 0 aliphatic heterocycles. The molecule has 21 heavy (non-hydrogen) atoms. The van der Waals surface area contributed by atoms with E-state index in [2.05, 4.69) is 21.0 Å². The van der Waals surface area contributed by atoms with Crippen LogP contribution in [-0.2, 0) is 12.1 Å². The van der Waals surface area contributed by atoms with Crippen LogP contribution >= 0.6 is 15.9 Å². The molecule has 0 amide bonds. The second-order valence-corrected chi connectivity index (χ2v) is 6.30. The molecular formula is C15H19BrFN3O. The fraction of sp³-hybridized carbons (Fsp3) is 0.400. The Bertz CT molecular complexity index is 608. The molecule has 1 unspecified atom stereocenters. The third-order valence-corrected chi connectivity index (χ3v) is 4.00. The van der Waals surface area contributed by atoms with Gasteiger partial charge in [-0.25, -0.2) is 4.39 Å². The van der Waals surface area contributed by atoms with Crippen LogP contribution in [-0.4, -0.2) is 40.4 Å². The number of aromatic nitrogens is 2. The van der Waals surface area contributed by atoms with E-state index in [0.717, 1.165) is 11.0 Å². The summed E-state index contributed by atoms with van der Waals surface area (Å²) in [6, 6.07) is 5.87. The van der Waals surface area contributed by atoms with Crippen molar-refractivity contribution in [1.29, 1.82) is 0 Å². The highest BCUT2D eigenvalue weighted by Crippen LogP contribution is 2.34. The molecule has 2 aromatic rings.